The van der Waals surface area contributed by atoms with Crippen molar-refractivity contribution in [2.24, 2.45) is 0 Å². The van der Waals surface area contributed by atoms with Gasteiger partial charge < -0.3 is 15.4 Å². The minimum Gasteiger partial charge on any atom is -0.462 e. The quantitative estimate of drug-likeness (QED) is 0.645. The highest BCUT2D eigenvalue weighted by Crippen LogP contribution is 2.10. The Balaban J connectivity index is 2.56. The first-order chi connectivity index (χ1) is 9.56. The summed E-state index contributed by atoms with van der Waals surface area (Å²) in [7, 11) is 0. The van der Waals surface area contributed by atoms with Crippen molar-refractivity contribution < 1.29 is 14.3 Å². The fourth-order valence-electron chi connectivity index (χ4n) is 1.35. The van der Waals surface area contributed by atoms with E-state index < -0.39 is 0 Å². The van der Waals surface area contributed by atoms with Crippen molar-refractivity contribution in [2.75, 3.05) is 11.9 Å². The van der Waals surface area contributed by atoms with Gasteiger partial charge in [0.2, 0.25) is 5.91 Å². The number of rotatable bonds is 5. The summed E-state index contributed by atoms with van der Waals surface area (Å²) in [5, 5.41) is 5.63. The standard InChI is InChI=1S/C14H18N2O3S/c1-3-9-19-13(18)10-5-7-11(8-6-10)15-14(20)16-12(17)4-2/h5-8H,3-4,9H2,1-2H3,(H2,15,16,17,20). The van der Waals surface area contributed by atoms with Crippen LogP contribution < -0.4 is 10.6 Å². The van der Waals surface area contributed by atoms with E-state index in [-0.39, 0.29) is 17.0 Å². The van der Waals surface area contributed by atoms with Gasteiger partial charge in [0.15, 0.2) is 5.11 Å². The van der Waals surface area contributed by atoms with Gasteiger partial charge in [-0.05, 0) is 42.9 Å². The minimum atomic E-state index is -0.347. The van der Waals surface area contributed by atoms with E-state index in [0.717, 1.165) is 6.42 Å². The van der Waals surface area contributed by atoms with Crippen molar-refractivity contribution in [3.63, 3.8) is 0 Å². The zero-order chi connectivity index (χ0) is 15.0. The Morgan fingerprint density at radius 1 is 1.20 bits per heavy atom. The molecule has 0 spiro atoms. The Morgan fingerprint density at radius 2 is 1.85 bits per heavy atom. The number of esters is 1. The highest BCUT2D eigenvalue weighted by atomic mass is 32.1. The third-order valence-corrected chi connectivity index (χ3v) is 2.59. The molecule has 0 saturated carbocycles. The molecule has 0 unspecified atom stereocenters. The molecule has 0 fully saturated rings. The van der Waals surface area contributed by atoms with E-state index in [1.165, 1.54) is 0 Å². The Morgan fingerprint density at radius 3 is 2.40 bits per heavy atom. The molecule has 20 heavy (non-hydrogen) atoms. The maximum atomic E-state index is 11.6. The molecule has 0 aromatic heterocycles. The first kappa shape index (κ1) is 16.1. The van der Waals surface area contributed by atoms with Crippen LogP contribution >= 0.6 is 12.2 Å². The third kappa shape index (κ3) is 5.36. The largest absolute Gasteiger partial charge is 0.462 e. The highest BCUT2D eigenvalue weighted by molar-refractivity contribution is 7.80. The summed E-state index contributed by atoms with van der Waals surface area (Å²) in [6.07, 6.45) is 1.15. The van der Waals surface area contributed by atoms with Gasteiger partial charge in [0.05, 0.1) is 12.2 Å². The van der Waals surface area contributed by atoms with Crippen molar-refractivity contribution in [3.8, 4) is 0 Å². The van der Waals surface area contributed by atoms with Gasteiger partial charge in [0.25, 0.3) is 0 Å². The van der Waals surface area contributed by atoms with Gasteiger partial charge in [-0.15, -0.1) is 0 Å². The molecule has 0 heterocycles. The molecule has 0 saturated heterocycles. The predicted molar refractivity (Wildman–Crippen MR) is 81.7 cm³/mol. The van der Waals surface area contributed by atoms with E-state index in [1.807, 2.05) is 6.92 Å². The number of carbonyl (C=O) groups is 2. The van der Waals surface area contributed by atoms with Crippen LogP contribution in [0.4, 0.5) is 5.69 Å². The molecule has 0 atom stereocenters. The van der Waals surface area contributed by atoms with Crippen molar-refractivity contribution in [1.82, 2.24) is 5.32 Å². The summed E-state index contributed by atoms with van der Waals surface area (Å²) >= 11 is 4.99. The lowest BCUT2D eigenvalue weighted by atomic mass is 10.2. The summed E-state index contributed by atoms with van der Waals surface area (Å²) in [6, 6.07) is 6.69. The molecule has 108 valence electrons. The van der Waals surface area contributed by atoms with Crippen LogP contribution in [0.2, 0.25) is 0 Å². The molecule has 5 nitrogen and oxygen atoms in total. The van der Waals surface area contributed by atoms with Crippen LogP contribution in [0.3, 0.4) is 0 Å². The van der Waals surface area contributed by atoms with E-state index in [1.54, 1.807) is 31.2 Å². The average Bonchev–Trinajstić information content (AvgIpc) is 2.45. The van der Waals surface area contributed by atoms with Crippen LogP contribution in [0, 0.1) is 0 Å². The Kier molecular flexibility index (Phi) is 6.66. The molecular weight excluding hydrogens is 276 g/mol. The van der Waals surface area contributed by atoms with Gasteiger partial charge in [-0.2, -0.15) is 0 Å². The smallest absolute Gasteiger partial charge is 0.338 e. The van der Waals surface area contributed by atoms with Gasteiger partial charge in [0, 0.05) is 12.1 Å². The zero-order valence-corrected chi connectivity index (χ0v) is 12.4. The lowest BCUT2D eigenvalue weighted by Crippen LogP contribution is -2.33. The van der Waals surface area contributed by atoms with E-state index in [2.05, 4.69) is 10.6 Å². The predicted octanol–water partition coefficient (Wildman–Crippen LogP) is 2.48. The van der Waals surface area contributed by atoms with Gasteiger partial charge >= 0.3 is 5.97 Å². The fraction of sp³-hybridized carbons (Fsp3) is 0.357. The number of benzene rings is 1. The summed E-state index contributed by atoms with van der Waals surface area (Å²) in [5.74, 6) is -0.498. The molecule has 0 aliphatic carbocycles. The number of hydrogen-bond acceptors (Lipinski definition) is 4. The molecule has 0 aliphatic heterocycles. The van der Waals surface area contributed by atoms with Crippen LogP contribution in [0.1, 0.15) is 37.0 Å². The molecule has 6 heteroatoms. The van der Waals surface area contributed by atoms with Gasteiger partial charge in [-0.25, -0.2) is 4.79 Å². The molecule has 2 N–H and O–H groups in total. The first-order valence-corrected chi connectivity index (χ1v) is 6.85. The number of amides is 1. The van der Waals surface area contributed by atoms with Crippen LogP contribution in [0.5, 0.6) is 0 Å². The number of nitrogens with one attached hydrogen (secondary N) is 2. The first-order valence-electron chi connectivity index (χ1n) is 6.44. The topological polar surface area (TPSA) is 67.4 Å². The molecule has 1 aromatic rings. The number of carbonyl (C=O) groups excluding carboxylic acids is 2. The van der Waals surface area contributed by atoms with E-state index in [9.17, 15) is 9.59 Å². The van der Waals surface area contributed by atoms with Gasteiger partial charge in [-0.1, -0.05) is 13.8 Å². The Bertz CT molecular complexity index is 486. The van der Waals surface area contributed by atoms with Crippen LogP contribution in [0.25, 0.3) is 0 Å². The SMILES string of the molecule is CCCOC(=O)c1ccc(NC(=S)NC(=O)CC)cc1. The second kappa shape index (κ2) is 8.27. The lowest BCUT2D eigenvalue weighted by molar-refractivity contribution is -0.119. The maximum Gasteiger partial charge on any atom is 0.338 e. The van der Waals surface area contributed by atoms with Crippen molar-refractivity contribution in [3.05, 3.63) is 29.8 Å². The molecule has 1 amide bonds. The second-order valence-electron chi connectivity index (χ2n) is 4.07. The summed E-state index contributed by atoms with van der Waals surface area (Å²) in [6.45, 7) is 4.09. The fourth-order valence-corrected chi connectivity index (χ4v) is 1.58. The van der Waals surface area contributed by atoms with E-state index >= 15 is 0 Å². The number of hydrogen-bond donors (Lipinski definition) is 2. The summed E-state index contributed by atoms with van der Waals surface area (Å²) in [4.78, 5) is 22.8. The Labute approximate surface area is 123 Å². The molecule has 0 aliphatic rings. The third-order valence-electron chi connectivity index (χ3n) is 2.39. The van der Waals surface area contributed by atoms with Crippen LogP contribution in [-0.4, -0.2) is 23.6 Å². The molecular formula is C14H18N2O3S. The monoisotopic (exact) mass is 294 g/mol. The zero-order valence-electron chi connectivity index (χ0n) is 11.6. The summed E-state index contributed by atoms with van der Waals surface area (Å²) < 4.78 is 5.02. The minimum absolute atomic E-state index is 0.151. The van der Waals surface area contributed by atoms with Crippen molar-refractivity contribution in [2.45, 2.75) is 26.7 Å². The number of thiocarbonyl (C=S) groups is 1. The van der Waals surface area contributed by atoms with Crippen LogP contribution in [0.15, 0.2) is 24.3 Å². The van der Waals surface area contributed by atoms with Crippen molar-refractivity contribution >= 4 is 34.9 Å². The van der Waals surface area contributed by atoms with Crippen molar-refractivity contribution in [1.29, 1.82) is 0 Å². The molecule has 0 bridgehead atoms. The molecule has 1 aromatic carbocycles. The highest BCUT2D eigenvalue weighted by Gasteiger charge is 2.07. The number of ether oxygens (including phenoxy) is 1. The average molecular weight is 294 g/mol. The van der Waals surface area contributed by atoms with Gasteiger partial charge in [-0.3, -0.25) is 4.79 Å². The normalized spacial score (nSPS) is 9.70. The second-order valence-corrected chi connectivity index (χ2v) is 4.48. The molecule has 1 rings (SSSR count). The van der Waals surface area contributed by atoms with Crippen LogP contribution in [-0.2, 0) is 9.53 Å². The maximum absolute atomic E-state index is 11.6. The lowest BCUT2D eigenvalue weighted by Gasteiger charge is -2.09. The van der Waals surface area contributed by atoms with Gasteiger partial charge in [0.1, 0.15) is 0 Å². The van der Waals surface area contributed by atoms with E-state index in [4.69, 9.17) is 17.0 Å². The number of anilines is 1. The molecule has 0 radical (unpaired) electrons. The summed E-state index contributed by atoms with van der Waals surface area (Å²) in [5.41, 5.74) is 1.17. The Hall–Kier alpha value is -1.95. The van der Waals surface area contributed by atoms with E-state index in [0.29, 0.717) is 24.3 Å².